The zero-order valence-electron chi connectivity index (χ0n) is 8.34. The molecule has 0 aromatic carbocycles. The SMILES string of the molecule is CC(=O)Nc1ncc(C(C)(C)C)s1. The normalized spacial score (nSPS) is 11.4. The van der Waals surface area contributed by atoms with Crippen molar-refractivity contribution < 1.29 is 4.79 Å². The molecule has 3 nitrogen and oxygen atoms in total. The Hall–Kier alpha value is -0.900. The summed E-state index contributed by atoms with van der Waals surface area (Å²) in [5.74, 6) is -0.0743. The minimum Gasteiger partial charge on any atom is -0.302 e. The molecule has 1 aromatic rings. The van der Waals surface area contributed by atoms with Gasteiger partial charge in [-0.3, -0.25) is 4.79 Å². The number of hydrogen-bond acceptors (Lipinski definition) is 3. The van der Waals surface area contributed by atoms with Crippen LogP contribution in [0, 0.1) is 0 Å². The molecule has 0 fully saturated rings. The van der Waals surface area contributed by atoms with Gasteiger partial charge in [-0.15, -0.1) is 11.3 Å². The molecule has 0 spiro atoms. The maximum Gasteiger partial charge on any atom is 0.223 e. The number of carbonyl (C=O) groups excluding carboxylic acids is 1. The Kier molecular flexibility index (Phi) is 2.71. The average molecular weight is 198 g/mol. The van der Waals surface area contributed by atoms with Crippen molar-refractivity contribution in [2.45, 2.75) is 33.1 Å². The summed E-state index contributed by atoms with van der Waals surface area (Å²) in [5, 5.41) is 3.34. The zero-order chi connectivity index (χ0) is 10.1. The minimum atomic E-state index is -0.0743. The molecule has 0 bridgehead atoms. The molecular formula is C9H14N2OS. The van der Waals surface area contributed by atoms with Crippen molar-refractivity contribution in [3.8, 4) is 0 Å². The molecule has 1 rings (SSSR count). The highest BCUT2D eigenvalue weighted by Gasteiger charge is 2.17. The molecule has 0 saturated heterocycles. The number of nitrogens with zero attached hydrogens (tertiary/aromatic N) is 1. The van der Waals surface area contributed by atoms with Crippen LogP contribution in [-0.4, -0.2) is 10.9 Å². The Bertz CT molecular complexity index is 312. The molecule has 0 atom stereocenters. The maximum atomic E-state index is 10.7. The molecule has 0 aliphatic rings. The lowest BCUT2D eigenvalue weighted by Gasteiger charge is -2.14. The largest absolute Gasteiger partial charge is 0.302 e. The van der Waals surface area contributed by atoms with E-state index in [2.05, 4.69) is 31.1 Å². The summed E-state index contributed by atoms with van der Waals surface area (Å²) in [6.07, 6.45) is 1.82. The number of amides is 1. The van der Waals surface area contributed by atoms with Gasteiger partial charge in [-0.1, -0.05) is 20.8 Å². The van der Waals surface area contributed by atoms with Gasteiger partial charge in [-0.05, 0) is 5.41 Å². The average Bonchev–Trinajstić information content (AvgIpc) is 2.32. The molecule has 1 amide bonds. The number of rotatable bonds is 1. The zero-order valence-corrected chi connectivity index (χ0v) is 9.16. The third kappa shape index (κ3) is 2.81. The smallest absolute Gasteiger partial charge is 0.223 e. The highest BCUT2D eigenvalue weighted by atomic mass is 32.1. The molecule has 1 aromatic heterocycles. The van der Waals surface area contributed by atoms with Gasteiger partial charge in [0.25, 0.3) is 0 Å². The lowest BCUT2D eigenvalue weighted by atomic mass is 9.96. The van der Waals surface area contributed by atoms with E-state index in [1.54, 1.807) is 0 Å². The maximum absolute atomic E-state index is 10.7. The van der Waals surface area contributed by atoms with Crippen molar-refractivity contribution in [2.75, 3.05) is 5.32 Å². The molecule has 0 aliphatic carbocycles. The first-order chi connectivity index (χ1) is 5.89. The number of thiazole rings is 1. The lowest BCUT2D eigenvalue weighted by Crippen LogP contribution is -2.08. The first-order valence-electron chi connectivity index (χ1n) is 4.13. The quantitative estimate of drug-likeness (QED) is 0.753. The van der Waals surface area contributed by atoms with Crippen LogP contribution in [0.25, 0.3) is 0 Å². The Balaban J connectivity index is 2.81. The van der Waals surface area contributed by atoms with Crippen LogP contribution in [0.4, 0.5) is 5.13 Å². The third-order valence-corrected chi connectivity index (χ3v) is 2.87. The topological polar surface area (TPSA) is 42.0 Å². The van der Waals surface area contributed by atoms with Crippen molar-refractivity contribution in [3.63, 3.8) is 0 Å². The Morgan fingerprint density at radius 3 is 2.54 bits per heavy atom. The van der Waals surface area contributed by atoms with E-state index in [0.29, 0.717) is 5.13 Å². The molecule has 4 heteroatoms. The molecule has 1 heterocycles. The summed E-state index contributed by atoms with van der Waals surface area (Å²) in [6.45, 7) is 7.85. The van der Waals surface area contributed by atoms with Crippen LogP contribution in [0.1, 0.15) is 32.6 Å². The standard InChI is InChI=1S/C9H14N2OS/c1-6(12)11-8-10-5-7(13-8)9(2,3)4/h5H,1-4H3,(H,10,11,12). The van der Waals surface area contributed by atoms with Crippen LogP contribution >= 0.6 is 11.3 Å². The highest BCUT2D eigenvalue weighted by Crippen LogP contribution is 2.29. The van der Waals surface area contributed by atoms with Crippen LogP contribution in [-0.2, 0) is 10.2 Å². The molecule has 0 aliphatic heterocycles. The van der Waals surface area contributed by atoms with Crippen LogP contribution in [0.3, 0.4) is 0 Å². The first-order valence-corrected chi connectivity index (χ1v) is 4.95. The molecule has 1 N–H and O–H groups in total. The minimum absolute atomic E-state index is 0.0743. The van der Waals surface area contributed by atoms with E-state index in [4.69, 9.17) is 0 Å². The molecule has 0 unspecified atom stereocenters. The highest BCUT2D eigenvalue weighted by molar-refractivity contribution is 7.15. The second-order valence-electron chi connectivity index (χ2n) is 3.96. The summed E-state index contributed by atoms with van der Waals surface area (Å²) in [6, 6.07) is 0. The number of aromatic nitrogens is 1. The van der Waals surface area contributed by atoms with Crippen molar-refractivity contribution in [1.82, 2.24) is 4.98 Å². The number of carbonyl (C=O) groups is 1. The van der Waals surface area contributed by atoms with Crippen LogP contribution < -0.4 is 5.32 Å². The summed E-state index contributed by atoms with van der Waals surface area (Å²) < 4.78 is 0. The number of hydrogen-bond donors (Lipinski definition) is 1. The predicted molar refractivity (Wildman–Crippen MR) is 55.1 cm³/mol. The Labute approximate surface area is 82.2 Å². The van der Waals surface area contributed by atoms with E-state index >= 15 is 0 Å². The second-order valence-corrected chi connectivity index (χ2v) is 4.99. The van der Waals surface area contributed by atoms with E-state index in [9.17, 15) is 4.79 Å². The molecule has 0 radical (unpaired) electrons. The molecule has 0 saturated carbocycles. The van der Waals surface area contributed by atoms with E-state index < -0.39 is 0 Å². The molecule has 72 valence electrons. The molecule has 13 heavy (non-hydrogen) atoms. The Morgan fingerprint density at radius 1 is 1.54 bits per heavy atom. The predicted octanol–water partition coefficient (Wildman–Crippen LogP) is 2.40. The van der Waals surface area contributed by atoms with Crippen LogP contribution in [0.2, 0.25) is 0 Å². The number of nitrogens with one attached hydrogen (secondary N) is 1. The van der Waals surface area contributed by atoms with Crippen molar-refractivity contribution in [3.05, 3.63) is 11.1 Å². The van der Waals surface area contributed by atoms with Gasteiger partial charge >= 0.3 is 0 Å². The fourth-order valence-electron chi connectivity index (χ4n) is 0.829. The van der Waals surface area contributed by atoms with Gasteiger partial charge in [0.2, 0.25) is 5.91 Å². The summed E-state index contributed by atoms with van der Waals surface area (Å²) in [5.41, 5.74) is 0.106. The van der Waals surface area contributed by atoms with Crippen LogP contribution in [0.5, 0.6) is 0 Å². The van der Waals surface area contributed by atoms with Gasteiger partial charge in [0, 0.05) is 18.0 Å². The van der Waals surface area contributed by atoms with Gasteiger partial charge in [0.15, 0.2) is 5.13 Å². The van der Waals surface area contributed by atoms with Gasteiger partial charge in [-0.2, -0.15) is 0 Å². The van der Waals surface area contributed by atoms with E-state index in [0.717, 1.165) is 0 Å². The van der Waals surface area contributed by atoms with Gasteiger partial charge in [0.05, 0.1) is 0 Å². The van der Waals surface area contributed by atoms with Crippen molar-refractivity contribution in [1.29, 1.82) is 0 Å². The summed E-state index contributed by atoms with van der Waals surface area (Å²) in [7, 11) is 0. The van der Waals surface area contributed by atoms with E-state index in [1.165, 1.54) is 23.1 Å². The van der Waals surface area contributed by atoms with Crippen molar-refractivity contribution >= 4 is 22.4 Å². The Morgan fingerprint density at radius 2 is 2.15 bits per heavy atom. The lowest BCUT2D eigenvalue weighted by molar-refractivity contribution is -0.114. The van der Waals surface area contributed by atoms with Gasteiger partial charge in [-0.25, -0.2) is 4.98 Å². The first kappa shape index (κ1) is 10.2. The van der Waals surface area contributed by atoms with E-state index in [-0.39, 0.29) is 11.3 Å². The second kappa shape index (κ2) is 3.46. The molecular weight excluding hydrogens is 184 g/mol. The fraction of sp³-hybridized carbons (Fsp3) is 0.556. The number of anilines is 1. The summed E-state index contributed by atoms with van der Waals surface area (Å²) >= 11 is 1.53. The van der Waals surface area contributed by atoms with Gasteiger partial charge < -0.3 is 5.32 Å². The van der Waals surface area contributed by atoms with Gasteiger partial charge in [0.1, 0.15) is 0 Å². The van der Waals surface area contributed by atoms with Crippen molar-refractivity contribution in [2.24, 2.45) is 0 Å². The van der Waals surface area contributed by atoms with E-state index in [1.807, 2.05) is 6.20 Å². The monoisotopic (exact) mass is 198 g/mol. The fourth-order valence-corrected chi connectivity index (χ4v) is 1.75. The third-order valence-electron chi connectivity index (χ3n) is 1.53. The summed E-state index contributed by atoms with van der Waals surface area (Å²) in [4.78, 5) is 16.0. The van der Waals surface area contributed by atoms with Crippen LogP contribution in [0.15, 0.2) is 6.20 Å².